The van der Waals surface area contributed by atoms with Crippen LogP contribution in [0.15, 0.2) is 12.1 Å². The van der Waals surface area contributed by atoms with Crippen molar-refractivity contribution in [1.29, 1.82) is 0 Å². The molecule has 1 N–H and O–H groups in total. The molecule has 0 radical (unpaired) electrons. The first kappa shape index (κ1) is 12.0. The number of esters is 1. The second-order valence-electron chi connectivity index (χ2n) is 5.70. The molecule has 0 aromatic heterocycles. The minimum atomic E-state index is -0.268. The van der Waals surface area contributed by atoms with Crippen LogP contribution in [0.25, 0.3) is 0 Å². The van der Waals surface area contributed by atoms with Gasteiger partial charge in [0.25, 0.3) is 0 Å². The van der Waals surface area contributed by atoms with E-state index in [2.05, 4.69) is 0 Å². The molecule has 3 unspecified atom stereocenters. The Labute approximate surface area is 116 Å². The summed E-state index contributed by atoms with van der Waals surface area (Å²) in [6, 6.07) is 4.07. The van der Waals surface area contributed by atoms with Crippen molar-refractivity contribution in [2.45, 2.75) is 18.8 Å². The fourth-order valence-corrected chi connectivity index (χ4v) is 3.91. The lowest BCUT2D eigenvalue weighted by Gasteiger charge is -2.59. The summed E-state index contributed by atoms with van der Waals surface area (Å²) in [6.07, 6.45) is 0. The molecule has 5 heteroatoms. The third-order valence-corrected chi connectivity index (χ3v) is 4.85. The lowest BCUT2D eigenvalue weighted by atomic mass is 9.45. The van der Waals surface area contributed by atoms with Gasteiger partial charge in [-0.3, -0.25) is 4.79 Å². The number of benzene rings is 1. The van der Waals surface area contributed by atoms with Crippen molar-refractivity contribution in [3.05, 3.63) is 23.3 Å². The van der Waals surface area contributed by atoms with E-state index in [4.69, 9.17) is 14.2 Å². The highest BCUT2D eigenvalue weighted by Gasteiger charge is 2.59. The van der Waals surface area contributed by atoms with Gasteiger partial charge in [-0.15, -0.1) is 0 Å². The van der Waals surface area contributed by atoms with E-state index in [0.717, 1.165) is 11.5 Å². The molecule has 4 rings (SSSR count). The van der Waals surface area contributed by atoms with Crippen molar-refractivity contribution >= 4 is 5.97 Å². The number of ether oxygens (including phenoxy) is 3. The van der Waals surface area contributed by atoms with Gasteiger partial charge in [-0.1, -0.05) is 0 Å². The molecular weight excluding hydrogens is 260 g/mol. The number of aliphatic hydroxyl groups excluding tert-OH is 1. The van der Waals surface area contributed by atoms with Gasteiger partial charge in [-0.25, -0.2) is 0 Å². The number of rotatable bonds is 3. The number of carbonyl (C=O) groups is 1. The summed E-state index contributed by atoms with van der Waals surface area (Å²) in [5.74, 6) is 2.44. The van der Waals surface area contributed by atoms with Gasteiger partial charge < -0.3 is 19.3 Å². The molecule has 1 aromatic carbocycles. The maximum absolute atomic E-state index is 11.0. The van der Waals surface area contributed by atoms with Crippen molar-refractivity contribution in [2.75, 3.05) is 20.0 Å². The highest BCUT2D eigenvalue weighted by molar-refractivity contribution is 5.66. The zero-order valence-electron chi connectivity index (χ0n) is 11.2. The van der Waals surface area contributed by atoms with Gasteiger partial charge >= 0.3 is 5.97 Å². The van der Waals surface area contributed by atoms with Crippen LogP contribution in [0.1, 0.15) is 29.9 Å². The zero-order valence-corrected chi connectivity index (χ0v) is 11.2. The molecule has 0 bridgehead atoms. The first-order chi connectivity index (χ1) is 9.70. The Kier molecular flexibility index (Phi) is 2.48. The molecule has 1 aliphatic heterocycles. The van der Waals surface area contributed by atoms with Crippen LogP contribution < -0.4 is 9.47 Å². The van der Waals surface area contributed by atoms with Gasteiger partial charge in [-0.05, 0) is 41.0 Å². The van der Waals surface area contributed by atoms with E-state index in [-0.39, 0.29) is 31.2 Å². The summed E-state index contributed by atoms with van der Waals surface area (Å²) >= 11 is 0. The minimum absolute atomic E-state index is 0.126. The molecule has 0 spiro atoms. The van der Waals surface area contributed by atoms with Gasteiger partial charge in [0, 0.05) is 19.4 Å². The van der Waals surface area contributed by atoms with Crippen LogP contribution in [0.4, 0.5) is 0 Å². The Hall–Kier alpha value is -1.75. The fourth-order valence-electron chi connectivity index (χ4n) is 3.91. The van der Waals surface area contributed by atoms with Gasteiger partial charge in [0.1, 0.15) is 0 Å². The predicted octanol–water partition coefficient (Wildman–Crippen LogP) is 1.40. The van der Waals surface area contributed by atoms with E-state index in [9.17, 15) is 9.90 Å². The number of hydrogen-bond donors (Lipinski definition) is 1. The molecule has 4 atom stereocenters. The molecule has 106 valence electrons. The van der Waals surface area contributed by atoms with Gasteiger partial charge in [0.05, 0.1) is 6.61 Å². The number of hydrogen-bond acceptors (Lipinski definition) is 5. The molecule has 2 aliphatic carbocycles. The van der Waals surface area contributed by atoms with Gasteiger partial charge in [-0.2, -0.15) is 0 Å². The molecule has 20 heavy (non-hydrogen) atoms. The topological polar surface area (TPSA) is 65.0 Å². The molecule has 1 aromatic rings. The Bertz CT molecular complexity index is 582. The molecule has 3 aliphatic rings. The highest BCUT2D eigenvalue weighted by Crippen LogP contribution is 2.67. The average molecular weight is 276 g/mol. The second kappa shape index (κ2) is 4.12. The van der Waals surface area contributed by atoms with Crippen molar-refractivity contribution < 1.29 is 24.1 Å². The molecule has 1 heterocycles. The molecular formula is C15H16O5. The Balaban J connectivity index is 1.61. The first-order valence-electron chi connectivity index (χ1n) is 6.88. The maximum atomic E-state index is 11.0. The van der Waals surface area contributed by atoms with Crippen molar-refractivity contribution in [3.8, 4) is 11.5 Å². The fraction of sp³-hybridized carbons (Fsp3) is 0.533. The summed E-state index contributed by atoms with van der Waals surface area (Å²) < 4.78 is 15.9. The standard InChI is InChI=1S/C15H16O5/c1-7(17)18-5-11-10(4-16)14-8-2-12-13(20-6-19-12)3-9(8)15(11)14/h2-3,10-11,14-16H,4-6H2,1H3/t10?,11?,14-,15?/m0/s1. The number of carbonyl (C=O) groups excluding carboxylic acids is 1. The van der Waals surface area contributed by atoms with Crippen LogP contribution in [0.3, 0.4) is 0 Å². The smallest absolute Gasteiger partial charge is 0.302 e. The maximum Gasteiger partial charge on any atom is 0.302 e. The lowest BCUT2D eigenvalue weighted by molar-refractivity contribution is -0.147. The zero-order chi connectivity index (χ0) is 13.9. The number of aliphatic hydroxyl groups is 1. The van der Waals surface area contributed by atoms with Crippen LogP contribution in [-0.4, -0.2) is 31.1 Å². The molecule has 5 nitrogen and oxygen atoms in total. The van der Waals surface area contributed by atoms with E-state index >= 15 is 0 Å². The Morgan fingerprint density at radius 3 is 2.40 bits per heavy atom. The third kappa shape index (κ3) is 1.44. The third-order valence-electron chi connectivity index (χ3n) is 4.85. The predicted molar refractivity (Wildman–Crippen MR) is 68.7 cm³/mol. The number of fused-ring (bicyclic) bond motifs is 5. The van der Waals surface area contributed by atoms with E-state index in [1.807, 2.05) is 12.1 Å². The normalized spacial score (nSPS) is 31.7. The largest absolute Gasteiger partial charge is 0.466 e. The van der Waals surface area contributed by atoms with Crippen LogP contribution in [0.5, 0.6) is 11.5 Å². The summed E-state index contributed by atoms with van der Waals surface area (Å²) in [7, 11) is 0. The van der Waals surface area contributed by atoms with Crippen molar-refractivity contribution in [3.63, 3.8) is 0 Å². The molecule has 1 saturated carbocycles. The summed E-state index contributed by atoms with van der Waals surface area (Å²) in [4.78, 5) is 11.0. The quantitative estimate of drug-likeness (QED) is 0.845. The van der Waals surface area contributed by atoms with E-state index in [0.29, 0.717) is 18.4 Å². The van der Waals surface area contributed by atoms with E-state index < -0.39 is 0 Å². The van der Waals surface area contributed by atoms with Crippen LogP contribution in [-0.2, 0) is 9.53 Å². The van der Waals surface area contributed by atoms with Gasteiger partial charge in [0.2, 0.25) is 6.79 Å². The summed E-state index contributed by atoms with van der Waals surface area (Å²) in [5.41, 5.74) is 2.50. The summed E-state index contributed by atoms with van der Waals surface area (Å²) in [5, 5.41) is 9.57. The highest BCUT2D eigenvalue weighted by atomic mass is 16.7. The Morgan fingerprint density at radius 2 is 1.85 bits per heavy atom. The SMILES string of the molecule is CC(=O)OCC1C(CO)[C@@H]2c3cc4c(cc3C12)OCO4. The minimum Gasteiger partial charge on any atom is -0.466 e. The van der Waals surface area contributed by atoms with Crippen molar-refractivity contribution in [1.82, 2.24) is 0 Å². The summed E-state index contributed by atoms with van der Waals surface area (Å²) in [6.45, 7) is 2.20. The second-order valence-corrected chi connectivity index (χ2v) is 5.70. The van der Waals surface area contributed by atoms with Crippen LogP contribution >= 0.6 is 0 Å². The molecule has 0 saturated heterocycles. The lowest BCUT2D eigenvalue weighted by Crippen LogP contribution is -2.53. The van der Waals surface area contributed by atoms with Crippen LogP contribution in [0, 0.1) is 11.8 Å². The van der Waals surface area contributed by atoms with Crippen molar-refractivity contribution in [2.24, 2.45) is 11.8 Å². The van der Waals surface area contributed by atoms with Gasteiger partial charge in [0.15, 0.2) is 11.5 Å². The molecule has 1 fully saturated rings. The monoisotopic (exact) mass is 276 g/mol. The average Bonchev–Trinajstić information content (AvgIpc) is 2.84. The van der Waals surface area contributed by atoms with Crippen LogP contribution in [0.2, 0.25) is 0 Å². The van der Waals surface area contributed by atoms with E-state index in [1.165, 1.54) is 18.1 Å². The molecule has 0 amide bonds. The Morgan fingerprint density at radius 1 is 1.25 bits per heavy atom. The first-order valence-corrected chi connectivity index (χ1v) is 6.88. The van der Waals surface area contributed by atoms with E-state index in [1.54, 1.807) is 0 Å².